The predicted molar refractivity (Wildman–Crippen MR) is 123 cm³/mol. The first-order valence-corrected chi connectivity index (χ1v) is 9.93. The Morgan fingerprint density at radius 2 is 1.74 bits per heavy atom. The molecule has 0 radical (unpaired) electrons. The van der Waals surface area contributed by atoms with E-state index in [1.54, 1.807) is 24.3 Å². The van der Waals surface area contributed by atoms with E-state index in [1.165, 1.54) is 12.1 Å². The molecule has 1 aromatic heterocycles. The number of hydrogen-bond acceptors (Lipinski definition) is 3. The van der Waals surface area contributed by atoms with Gasteiger partial charge in [0.05, 0.1) is 18.6 Å². The summed E-state index contributed by atoms with van der Waals surface area (Å²) in [5.41, 5.74) is 3.65. The van der Waals surface area contributed by atoms with Gasteiger partial charge in [0.25, 0.3) is 0 Å². The van der Waals surface area contributed by atoms with Crippen LogP contribution < -0.4 is 0 Å². The molecule has 3 N–H and O–H groups in total. The number of aromatic nitrogens is 1. The number of carbonyl (C=O) groups is 1. The topological polar surface area (TPSA) is 82.7 Å². The van der Waals surface area contributed by atoms with Crippen molar-refractivity contribution in [2.24, 2.45) is 0 Å². The van der Waals surface area contributed by atoms with Gasteiger partial charge >= 0.3 is 35.5 Å². The summed E-state index contributed by atoms with van der Waals surface area (Å²) in [5.74, 6) is -1.43. The second-order valence-corrected chi connectivity index (χ2v) is 7.66. The van der Waals surface area contributed by atoms with Crippen molar-refractivity contribution in [1.29, 1.82) is 0 Å². The molecule has 0 saturated heterocycles. The van der Waals surface area contributed by atoms with Crippen molar-refractivity contribution in [3.05, 3.63) is 66.1 Å². The van der Waals surface area contributed by atoms with Gasteiger partial charge in [0, 0.05) is 34.6 Å². The Hall–Kier alpha value is -1.96. The summed E-state index contributed by atoms with van der Waals surface area (Å²) in [6, 6.07) is 14.4. The average molecular weight is 435 g/mol. The number of hydrogen-bond donors (Lipinski definition) is 3. The third kappa shape index (κ3) is 6.05. The molecule has 3 aromatic rings. The summed E-state index contributed by atoms with van der Waals surface area (Å²) >= 11 is 0. The van der Waals surface area contributed by atoms with Crippen molar-refractivity contribution in [2.45, 2.75) is 44.9 Å². The number of carboxylic acids is 1. The second-order valence-electron chi connectivity index (χ2n) is 7.66. The molecule has 2 aromatic carbocycles. The molecule has 0 aliphatic rings. The molecule has 31 heavy (non-hydrogen) atoms. The number of halogens is 1. The van der Waals surface area contributed by atoms with Crippen molar-refractivity contribution < 1.29 is 24.5 Å². The molecule has 160 valence electrons. The van der Waals surface area contributed by atoms with Crippen molar-refractivity contribution in [3.8, 4) is 11.1 Å². The van der Waals surface area contributed by atoms with Crippen LogP contribution >= 0.6 is 0 Å². The van der Waals surface area contributed by atoms with Gasteiger partial charge in [-0.25, -0.2) is 4.39 Å². The van der Waals surface area contributed by atoms with Crippen LogP contribution in [0.2, 0.25) is 0 Å². The summed E-state index contributed by atoms with van der Waals surface area (Å²) in [6.45, 7) is 4.12. The van der Waals surface area contributed by atoms with Crippen LogP contribution in [-0.2, 0) is 4.79 Å². The molecule has 0 bridgehead atoms. The number of aliphatic hydroxyl groups is 2. The van der Waals surface area contributed by atoms with Crippen LogP contribution in [-0.4, -0.2) is 67.6 Å². The van der Waals surface area contributed by atoms with Crippen molar-refractivity contribution in [3.63, 3.8) is 0 Å². The van der Waals surface area contributed by atoms with Crippen molar-refractivity contribution >= 4 is 52.5 Å². The fourth-order valence-electron chi connectivity index (χ4n) is 3.77. The number of fused-ring (bicyclic) bond motifs is 1. The number of aliphatic hydroxyl groups excluding tert-OH is 2. The molecule has 2 unspecified atom stereocenters. The van der Waals surface area contributed by atoms with Crippen molar-refractivity contribution in [1.82, 2.24) is 4.57 Å². The van der Waals surface area contributed by atoms with E-state index < -0.39 is 24.6 Å². The van der Waals surface area contributed by atoms with E-state index in [4.69, 9.17) is 5.11 Å². The van der Waals surface area contributed by atoms with Gasteiger partial charge in [0.1, 0.15) is 5.82 Å². The Bertz CT molecular complexity index is 1060. The van der Waals surface area contributed by atoms with Gasteiger partial charge in [0.2, 0.25) is 0 Å². The number of aliphatic carboxylic acids is 1. The molecule has 3 rings (SSSR count). The van der Waals surface area contributed by atoms with Crippen LogP contribution in [0.1, 0.15) is 38.4 Å². The van der Waals surface area contributed by atoms with E-state index >= 15 is 0 Å². The Kier molecular flexibility index (Phi) is 9.03. The van der Waals surface area contributed by atoms with Crippen LogP contribution in [0.15, 0.2) is 54.6 Å². The molecule has 2 atom stereocenters. The molecule has 0 aliphatic heterocycles. The molecular weight excluding hydrogens is 408 g/mol. The van der Waals surface area contributed by atoms with Gasteiger partial charge in [-0.2, -0.15) is 0 Å². The van der Waals surface area contributed by atoms with Gasteiger partial charge in [-0.1, -0.05) is 36.4 Å². The molecule has 0 saturated carbocycles. The third-order valence-electron chi connectivity index (χ3n) is 5.00. The Balaban J connectivity index is 0.00000341. The van der Waals surface area contributed by atoms with E-state index in [-0.39, 0.29) is 47.8 Å². The zero-order chi connectivity index (χ0) is 21.8. The number of benzene rings is 2. The number of para-hydroxylation sites is 1. The third-order valence-corrected chi connectivity index (χ3v) is 5.00. The summed E-state index contributed by atoms with van der Waals surface area (Å²) in [6.07, 6.45) is 0.727. The van der Waals surface area contributed by atoms with E-state index in [0.29, 0.717) is 0 Å². The van der Waals surface area contributed by atoms with E-state index in [1.807, 2.05) is 24.3 Å². The van der Waals surface area contributed by atoms with Crippen molar-refractivity contribution in [2.75, 3.05) is 0 Å². The fraction of sp³-hybridized carbons (Fsp3) is 0.292. The Morgan fingerprint density at radius 3 is 2.35 bits per heavy atom. The zero-order valence-corrected chi connectivity index (χ0v) is 17.0. The van der Waals surface area contributed by atoms with Crippen LogP contribution in [0.4, 0.5) is 4.39 Å². The normalized spacial score (nSPS) is 13.5. The average Bonchev–Trinajstić information content (AvgIpc) is 3.00. The van der Waals surface area contributed by atoms with Gasteiger partial charge < -0.3 is 19.9 Å². The second kappa shape index (κ2) is 11.1. The Labute approximate surface area is 203 Å². The van der Waals surface area contributed by atoms with Gasteiger partial charge in [-0.05, 0) is 43.7 Å². The summed E-state index contributed by atoms with van der Waals surface area (Å²) in [5, 5.41) is 29.9. The minimum absolute atomic E-state index is 0. The monoisotopic (exact) mass is 435 g/mol. The number of rotatable bonds is 8. The van der Waals surface area contributed by atoms with E-state index in [0.717, 1.165) is 27.7 Å². The molecule has 0 spiro atoms. The quantitative estimate of drug-likeness (QED) is 0.468. The molecule has 0 amide bonds. The van der Waals surface area contributed by atoms with E-state index in [9.17, 15) is 19.4 Å². The summed E-state index contributed by atoms with van der Waals surface area (Å²) in [7, 11) is 0. The Morgan fingerprint density at radius 1 is 1.10 bits per heavy atom. The van der Waals surface area contributed by atoms with Crippen LogP contribution in [0.25, 0.3) is 28.1 Å². The first-order chi connectivity index (χ1) is 14.3. The van der Waals surface area contributed by atoms with E-state index in [2.05, 4.69) is 18.4 Å². The van der Waals surface area contributed by atoms with Gasteiger partial charge in [0.15, 0.2) is 0 Å². The van der Waals surface area contributed by atoms with Gasteiger partial charge in [-0.15, -0.1) is 0 Å². The maximum absolute atomic E-state index is 13.5. The molecule has 0 fully saturated rings. The number of nitrogens with zero attached hydrogens (tertiary/aromatic N) is 1. The SMILES string of the molecule is CC(C)n1c(C=CC(O)CC(O)CC(=O)O)c(-c2ccc(F)cc2)c2ccccc21.[NaH]. The maximum atomic E-state index is 13.5. The fourth-order valence-corrected chi connectivity index (χ4v) is 3.77. The first kappa shape index (κ1) is 25.3. The summed E-state index contributed by atoms with van der Waals surface area (Å²) < 4.78 is 15.6. The summed E-state index contributed by atoms with van der Waals surface area (Å²) in [4.78, 5) is 10.7. The van der Waals surface area contributed by atoms with Crippen LogP contribution in [0, 0.1) is 5.82 Å². The van der Waals surface area contributed by atoms with Gasteiger partial charge in [-0.3, -0.25) is 4.79 Å². The molecule has 5 nitrogen and oxygen atoms in total. The number of carboxylic acid groups (broad SMARTS) is 1. The zero-order valence-electron chi connectivity index (χ0n) is 17.0. The predicted octanol–water partition coefficient (Wildman–Crippen LogP) is 3.98. The standard InChI is InChI=1S/C24H26FNO4.Na.H/c1-15(2)26-21-6-4-3-5-20(21)24(16-7-9-17(25)10-8-16)22(26)12-11-18(27)13-19(28)14-23(29)30;;/h3-12,15,18-19,27-28H,13-14H2,1-2H3,(H,29,30);;. The van der Waals surface area contributed by atoms with Crippen LogP contribution in [0.3, 0.4) is 0 Å². The molecule has 7 heteroatoms. The molecule has 1 heterocycles. The molecular formula is C24H27FNNaO4. The minimum atomic E-state index is -1.13. The first-order valence-electron chi connectivity index (χ1n) is 9.93. The molecule has 0 aliphatic carbocycles. The van der Waals surface area contributed by atoms with Crippen LogP contribution in [0.5, 0.6) is 0 Å².